The van der Waals surface area contributed by atoms with Gasteiger partial charge in [0, 0.05) is 17.1 Å². The number of hydrogen-bond acceptors (Lipinski definition) is 3. The molecule has 1 unspecified atom stereocenters. The highest BCUT2D eigenvalue weighted by atomic mass is 32.1. The lowest BCUT2D eigenvalue weighted by Crippen LogP contribution is -2.23. The van der Waals surface area contributed by atoms with Crippen LogP contribution >= 0.6 is 11.3 Å². The number of nitrogens with one attached hydrogen (secondary N) is 1. The Bertz CT molecular complexity index is 676. The van der Waals surface area contributed by atoms with Crippen molar-refractivity contribution >= 4 is 21.4 Å². The van der Waals surface area contributed by atoms with Gasteiger partial charge < -0.3 is 5.32 Å². The molecular formula is C17H18N2S. The first kappa shape index (κ1) is 13.3. The van der Waals surface area contributed by atoms with E-state index in [1.54, 1.807) is 0 Å². The quantitative estimate of drug-likeness (QED) is 0.751. The monoisotopic (exact) mass is 282 g/mol. The molecule has 2 nitrogen and oxygen atoms in total. The minimum absolute atomic E-state index is 0.222. The smallest absolute Gasteiger partial charge is 0.0606 e. The Hall–Kier alpha value is -1.71. The maximum atomic E-state index is 4.27. The van der Waals surface area contributed by atoms with E-state index in [2.05, 4.69) is 52.9 Å². The molecule has 0 saturated carbocycles. The largest absolute Gasteiger partial charge is 0.306 e. The van der Waals surface area contributed by atoms with E-state index in [0.29, 0.717) is 0 Å². The number of fused-ring (bicyclic) bond motifs is 1. The van der Waals surface area contributed by atoms with E-state index >= 15 is 0 Å². The van der Waals surface area contributed by atoms with Crippen LogP contribution < -0.4 is 5.32 Å². The predicted molar refractivity (Wildman–Crippen MR) is 86.2 cm³/mol. The first-order chi connectivity index (χ1) is 9.90. The number of hydrogen-bond donors (Lipinski definition) is 1. The molecule has 1 atom stereocenters. The fourth-order valence-corrected chi connectivity index (χ4v) is 3.45. The summed E-state index contributed by atoms with van der Waals surface area (Å²) in [5.74, 6) is 0. The van der Waals surface area contributed by atoms with Crippen LogP contribution in [0.5, 0.6) is 0 Å². The standard InChI is InChI=1S/C17H18N2S/c1-2-9-19-17(13-6-5-10-18-11-13)15-12-20-16-8-4-3-7-14(15)16/h3-8,10-12,17,19H,2,9H2,1H3. The van der Waals surface area contributed by atoms with E-state index in [4.69, 9.17) is 0 Å². The molecule has 0 spiro atoms. The molecule has 3 aromatic rings. The van der Waals surface area contributed by atoms with Crippen LogP contribution in [-0.2, 0) is 0 Å². The first-order valence-electron chi connectivity index (χ1n) is 6.99. The maximum absolute atomic E-state index is 4.27. The summed E-state index contributed by atoms with van der Waals surface area (Å²) in [7, 11) is 0. The van der Waals surface area contributed by atoms with Gasteiger partial charge in [0.15, 0.2) is 0 Å². The molecule has 0 aliphatic rings. The Kier molecular flexibility index (Phi) is 4.09. The van der Waals surface area contributed by atoms with Crippen molar-refractivity contribution in [2.24, 2.45) is 0 Å². The van der Waals surface area contributed by atoms with Crippen LogP contribution in [0.3, 0.4) is 0 Å². The molecule has 0 saturated heterocycles. The van der Waals surface area contributed by atoms with Crippen molar-refractivity contribution in [2.75, 3.05) is 6.54 Å². The second kappa shape index (κ2) is 6.16. The van der Waals surface area contributed by atoms with Gasteiger partial charge >= 0.3 is 0 Å². The number of rotatable bonds is 5. The number of benzene rings is 1. The van der Waals surface area contributed by atoms with Gasteiger partial charge in [-0.25, -0.2) is 0 Å². The van der Waals surface area contributed by atoms with Gasteiger partial charge in [-0.05, 0) is 47.0 Å². The summed E-state index contributed by atoms with van der Waals surface area (Å²) in [6, 6.07) is 13.0. The van der Waals surface area contributed by atoms with Crippen molar-refractivity contribution in [3.8, 4) is 0 Å². The SMILES string of the molecule is CCCNC(c1cccnc1)c1csc2ccccc12. The lowest BCUT2D eigenvalue weighted by molar-refractivity contribution is 0.601. The van der Waals surface area contributed by atoms with Crippen LogP contribution in [-0.4, -0.2) is 11.5 Å². The van der Waals surface area contributed by atoms with Gasteiger partial charge in [-0.3, -0.25) is 4.98 Å². The zero-order chi connectivity index (χ0) is 13.8. The van der Waals surface area contributed by atoms with E-state index in [1.165, 1.54) is 21.2 Å². The lowest BCUT2D eigenvalue weighted by Gasteiger charge is -2.18. The zero-order valence-electron chi connectivity index (χ0n) is 11.5. The van der Waals surface area contributed by atoms with E-state index in [0.717, 1.165) is 13.0 Å². The van der Waals surface area contributed by atoms with Crippen molar-refractivity contribution in [2.45, 2.75) is 19.4 Å². The molecule has 0 aliphatic heterocycles. The molecule has 20 heavy (non-hydrogen) atoms. The first-order valence-corrected chi connectivity index (χ1v) is 7.87. The molecule has 1 N–H and O–H groups in total. The molecule has 102 valence electrons. The fourth-order valence-electron chi connectivity index (χ4n) is 2.46. The Morgan fingerprint density at radius 3 is 2.90 bits per heavy atom. The highest BCUT2D eigenvalue weighted by Crippen LogP contribution is 2.33. The summed E-state index contributed by atoms with van der Waals surface area (Å²) in [6.07, 6.45) is 4.91. The van der Waals surface area contributed by atoms with Crippen LogP contribution in [0, 0.1) is 0 Å². The van der Waals surface area contributed by atoms with Gasteiger partial charge in [0.2, 0.25) is 0 Å². The third kappa shape index (κ3) is 2.60. The highest BCUT2D eigenvalue weighted by Gasteiger charge is 2.17. The summed E-state index contributed by atoms with van der Waals surface area (Å²) in [6.45, 7) is 3.20. The molecule has 0 radical (unpaired) electrons. The van der Waals surface area contributed by atoms with Gasteiger partial charge in [0.1, 0.15) is 0 Å². The van der Waals surface area contributed by atoms with Gasteiger partial charge in [0.25, 0.3) is 0 Å². The van der Waals surface area contributed by atoms with Crippen molar-refractivity contribution in [3.05, 3.63) is 65.3 Å². The van der Waals surface area contributed by atoms with Crippen molar-refractivity contribution < 1.29 is 0 Å². The van der Waals surface area contributed by atoms with Crippen LogP contribution in [0.4, 0.5) is 0 Å². The lowest BCUT2D eigenvalue weighted by atomic mass is 9.99. The van der Waals surface area contributed by atoms with Crippen LogP contribution in [0.2, 0.25) is 0 Å². The Labute approximate surface area is 123 Å². The fraction of sp³-hybridized carbons (Fsp3) is 0.235. The highest BCUT2D eigenvalue weighted by molar-refractivity contribution is 7.17. The van der Waals surface area contributed by atoms with E-state index in [1.807, 2.05) is 29.8 Å². The number of pyridine rings is 1. The molecule has 0 fully saturated rings. The third-order valence-corrected chi connectivity index (χ3v) is 4.42. The van der Waals surface area contributed by atoms with Crippen molar-refractivity contribution in [3.63, 3.8) is 0 Å². The molecule has 1 aromatic carbocycles. The van der Waals surface area contributed by atoms with E-state index in [9.17, 15) is 0 Å². The van der Waals surface area contributed by atoms with E-state index in [-0.39, 0.29) is 6.04 Å². The van der Waals surface area contributed by atoms with Gasteiger partial charge in [-0.15, -0.1) is 11.3 Å². The van der Waals surface area contributed by atoms with Crippen LogP contribution in [0.1, 0.15) is 30.5 Å². The van der Waals surface area contributed by atoms with Crippen LogP contribution in [0.25, 0.3) is 10.1 Å². The Morgan fingerprint density at radius 1 is 1.20 bits per heavy atom. The molecule has 3 heteroatoms. The summed E-state index contributed by atoms with van der Waals surface area (Å²) in [5, 5.41) is 7.26. The molecule has 2 heterocycles. The third-order valence-electron chi connectivity index (χ3n) is 3.44. The topological polar surface area (TPSA) is 24.9 Å². The Morgan fingerprint density at radius 2 is 2.10 bits per heavy atom. The summed E-state index contributed by atoms with van der Waals surface area (Å²) in [4.78, 5) is 4.27. The van der Waals surface area contributed by atoms with Crippen molar-refractivity contribution in [1.29, 1.82) is 0 Å². The number of thiophene rings is 1. The molecule has 0 bridgehead atoms. The second-order valence-electron chi connectivity index (χ2n) is 4.86. The zero-order valence-corrected chi connectivity index (χ0v) is 12.4. The summed E-state index contributed by atoms with van der Waals surface area (Å²) < 4.78 is 1.34. The second-order valence-corrected chi connectivity index (χ2v) is 5.77. The molecule has 0 aliphatic carbocycles. The van der Waals surface area contributed by atoms with Gasteiger partial charge in [-0.2, -0.15) is 0 Å². The normalized spacial score (nSPS) is 12.7. The average molecular weight is 282 g/mol. The minimum Gasteiger partial charge on any atom is -0.306 e. The molecular weight excluding hydrogens is 264 g/mol. The maximum Gasteiger partial charge on any atom is 0.0606 e. The average Bonchev–Trinajstić information content (AvgIpc) is 2.93. The van der Waals surface area contributed by atoms with E-state index < -0.39 is 0 Å². The summed E-state index contributed by atoms with van der Waals surface area (Å²) >= 11 is 1.81. The minimum atomic E-state index is 0.222. The predicted octanol–water partition coefficient (Wildman–Crippen LogP) is 4.39. The van der Waals surface area contributed by atoms with Gasteiger partial charge in [-0.1, -0.05) is 31.2 Å². The number of nitrogens with zero attached hydrogens (tertiary/aromatic N) is 1. The van der Waals surface area contributed by atoms with Gasteiger partial charge in [0.05, 0.1) is 6.04 Å². The number of aromatic nitrogens is 1. The molecule has 3 rings (SSSR count). The Balaban J connectivity index is 2.05. The molecule has 0 amide bonds. The summed E-state index contributed by atoms with van der Waals surface area (Å²) in [5.41, 5.74) is 2.58. The molecule has 2 aromatic heterocycles. The van der Waals surface area contributed by atoms with Crippen molar-refractivity contribution in [1.82, 2.24) is 10.3 Å². The van der Waals surface area contributed by atoms with Crippen LogP contribution in [0.15, 0.2) is 54.2 Å².